The van der Waals surface area contributed by atoms with Crippen molar-refractivity contribution in [2.45, 2.75) is 31.3 Å². The molecule has 2 aliphatic rings. The van der Waals surface area contributed by atoms with Crippen LogP contribution in [0.2, 0.25) is 5.02 Å². The summed E-state index contributed by atoms with van der Waals surface area (Å²) >= 11 is 6.28. The van der Waals surface area contributed by atoms with Gasteiger partial charge < -0.3 is 14.9 Å². The van der Waals surface area contributed by atoms with Crippen LogP contribution < -0.4 is 4.90 Å². The Morgan fingerprint density at radius 1 is 0.963 bits per heavy atom. The molecule has 27 heavy (non-hydrogen) atoms. The summed E-state index contributed by atoms with van der Waals surface area (Å²) < 4.78 is 0. The molecule has 2 saturated heterocycles. The Hall–Kier alpha value is -2.04. The number of hydrogen-bond donors (Lipinski definition) is 1. The van der Waals surface area contributed by atoms with E-state index >= 15 is 0 Å². The number of anilines is 1. The van der Waals surface area contributed by atoms with E-state index in [-0.39, 0.29) is 5.91 Å². The van der Waals surface area contributed by atoms with Crippen molar-refractivity contribution in [1.82, 2.24) is 4.90 Å². The minimum atomic E-state index is -0.966. The fourth-order valence-electron chi connectivity index (χ4n) is 4.18. The summed E-state index contributed by atoms with van der Waals surface area (Å²) in [6.45, 7) is 3.17. The molecular formula is C22H25ClN2O2. The van der Waals surface area contributed by atoms with Crippen molar-refractivity contribution >= 4 is 23.2 Å². The van der Waals surface area contributed by atoms with E-state index in [2.05, 4.69) is 11.0 Å². The maximum atomic E-state index is 13.0. The number of amides is 1. The zero-order valence-electron chi connectivity index (χ0n) is 15.4. The van der Waals surface area contributed by atoms with E-state index < -0.39 is 5.60 Å². The summed E-state index contributed by atoms with van der Waals surface area (Å²) in [7, 11) is 0. The Bertz CT molecular complexity index is 825. The number of benzene rings is 2. The lowest BCUT2D eigenvalue weighted by Gasteiger charge is -2.39. The van der Waals surface area contributed by atoms with Gasteiger partial charge in [-0.05, 0) is 49.9 Å². The van der Waals surface area contributed by atoms with E-state index in [0.29, 0.717) is 31.0 Å². The van der Waals surface area contributed by atoms with Crippen molar-refractivity contribution in [1.29, 1.82) is 0 Å². The first-order chi connectivity index (χ1) is 13.1. The van der Waals surface area contributed by atoms with Gasteiger partial charge in [0, 0.05) is 48.0 Å². The van der Waals surface area contributed by atoms with E-state index in [0.717, 1.165) is 29.9 Å². The van der Waals surface area contributed by atoms with Crippen LogP contribution in [-0.2, 0) is 5.60 Å². The molecule has 5 heteroatoms. The number of rotatable bonds is 3. The Labute approximate surface area is 165 Å². The summed E-state index contributed by atoms with van der Waals surface area (Å²) in [5, 5.41) is 11.6. The van der Waals surface area contributed by atoms with Gasteiger partial charge in [-0.2, -0.15) is 0 Å². The molecule has 2 heterocycles. The summed E-state index contributed by atoms with van der Waals surface area (Å²) in [4.78, 5) is 17.2. The molecular weight excluding hydrogens is 360 g/mol. The summed E-state index contributed by atoms with van der Waals surface area (Å²) in [5.41, 5.74) is 1.65. The van der Waals surface area contributed by atoms with Gasteiger partial charge in [0.15, 0.2) is 0 Å². The average molecular weight is 385 g/mol. The van der Waals surface area contributed by atoms with Crippen LogP contribution in [0.25, 0.3) is 0 Å². The van der Waals surface area contributed by atoms with Gasteiger partial charge in [-0.3, -0.25) is 4.79 Å². The largest absolute Gasteiger partial charge is 0.385 e. The standard InChI is InChI=1S/C22H25ClN2O2/c23-20-9-2-1-8-19(20)22(27)10-14-25(15-11-22)21(26)17-6-5-7-18(16-17)24-12-3-4-13-24/h1-2,5-9,16,27H,3-4,10-15H2. The molecule has 0 aliphatic carbocycles. The Morgan fingerprint density at radius 2 is 1.67 bits per heavy atom. The molecule has 0 spiro atoms. The highest BCUT2D eigenvalue weighted by molar-refractivity contribution is 6.31. The lowest BCUT2D eigenvalue weighted by Crippen LogP contribution is -2.45. The van der Waals surface area contributed by atoms with E-state index in [9.17, 15) is 9.90 Å². The van der Waals surface area contributed by atoms with Crippen LogP contribution in [0.3, 0.4) is 0 Å². The first kappa shape index (κ1) is 18.3. The van der Waals surface area contributed by atoms with Gasteiger partial charge in [0.05, 0.1) is 5.60 Å². The van der Waals surface area contributed by atoms with Gasteiger partial charge in [0.1, 0.15) is 0 Å². The monoisotopic (exact) mass is 384 g/mol. The average Bonchev–Trinajstić information content (AvgIpc) is 3.23. The number of likely N-dealkylation sites (tertiary alicyclic amines) is 1. The molecule has 1 amide bonds. The van der Waals surface area contributed by atoms with Crippen molar-refractivity contribution in [3.8, 4) is 0 Å². The number of carbonyl (C=O) groups excluding carboxylic acids is 1. The highest BCUT2D eigenvalue weighted by Crippen LogP contribution is 2.37. The van der Waals surface area contributed by atoms with Crippen molar-refractivity contribution < 1.29 is 9.90 Å². The molecule has 2 aliphatic heterocycles. The Morgan fingerprint density at radius 3 is 2.37 bits per heavy atom. The quantitative estimate of drug-likeness (QED) is 0.867. The Kier molecular flexibility index (Phi) is 5.11. The lowest BCUT2D eigenvalue weighted by atomic mass is 9.84. The normalized spacial score (nSPS) is 19.3. The minimum absolute atomic E-state index is 0.0391. The number of aliphatic hydroxyl groups is 1. The summed E-state index contributed by atoms with van der Waals surface area (Å²) in [6, 6.07) is 15.4. The van der Waals surface area contributed by atoms with Crippen LogP contribution in [0.4, 0.5) is 5.69 Å². The van der Waals surface area contributed by atoms with Crippen molar-refractivity contribution in [2.24, 2.45) is 0 Å². The van der Waals surface area contributed by atoms with Gasteiger partial charge in [0.25, 0.3) is 5.91 Å². The van der Waals surface area contributed by atoms with Crippen LogP contribution in [0.5, 0.6) is 0 Å². The molecule has 142 valence electrons. The maximum absolute atomic E-state index is 13.0. The van der Waals surface area contributed by atoms with Crippen LogP contribution in [0, 0.1) is 0 Å². The molecule has 2 aromatic carbocycles. The SMILES string of the molecule is O=C(c1cccc(N2CCCC2)c1)N1CCC(O)(c2ccccc2Cl)CC1. The third-order valence-corrected chi connectivity index (χ3v) is 6.15. The zero-order valence-corrected chi connectivity index (χ0v) is 16.2. The number of carbonyl (C=O) groups is 1. The second-order valence-electron chi connectivity index (χ2n) is 7.55. The third-order valence-electron chi connectivity index (χ3n) is 5.82. The molecule has 2 fully saturated rings. The first-order valence-electron chi connectivity index (χ1n) is 9.68. The molecule has 2 aromatic rings. The second kappa shape index (κ2) is 7.53. The minimum Gasteiger partial charge on any atom is -0.385 e. The molecule has 1 N–H and O–H groups in total. The molecule has 4 rings (SSSR count). The predicted molar refractivity (Wildman–Crippen MR) is 108 cm³/mol. The predicted octanol–water partition coefficient (Wildman–Crippen LogP) is 4.06. The van der Waals surface area contributed by atoms with E-state index in [1.54, 1.807) is 6.07 Å². The molecule has 0 aromatic heterocycles. The number of piperidine rings is 1. The van der Waals surface area contributed by atoms with E-state index in [4.69, 9.17) is 11.6 Å². The highest BCUT2D eigenvalue weighted by atomic mass is 35.5. The van der Waals surface area contributed by atoms with Crippen LogP contribution in [0.1, 0.15) is 41.6 Å². The number of hydrogen-bond acceptors (Lipinski definition) is 3. The number of nitrogens with zero attached hydrogens (tertiary/aromatic N) is 2. The smallest absolute Gasteiger partial charge is 0.253 e. The van der Waals surface area contributed by atoms with Gasteiger partial charge in [0.2, 0.25) is 0 Å². The topological polar surface area (TPSA) is 43.8 Å². The lowest BCUT2D eigenvalue weighted by molar-refractivity contribution is -0.0210. The van der Waals surface area contributed by atoms with Crippen LogP contribution >= 0.6 is 11.6 Å². The fraction of sp³-hybridized carbons (Fsp3) is 0.409. The van der Waals surface area contributed by atoms with Crippen molar-refractivity contribution in [3.05, 3.63) is 64.7 Å². The van der Waals surface area contributed by atoms with Gasteiger partial charge >= 0.3 is 0 Å². The molecule has 4 nitrogen and oxygen atoms in total. The fourth-order valence-corrected chi connectivity index (χ4v) is 4.49. The van der Waals surface area contributed by atoms with Gasteiger partial charge in [-0.25, -0.2) is 0 Å². The number of halogens is 1. The summed E-state index contributed by atoms with van der Waals surface area (Å²) in [5.74, 6) is 0.0391. The van der Waals surface area contributed by atoms with E-state index in [1.165, 1.54) is 12.8 Å². The van der Waals surface area contributed by atoms with E-state index in [1.807, 2.05) is 41.3 Å². The van der Waals surface area contributed by atoms with Gasteiger partial charge in [-0.15, -0.1) is 0 Å². The molecule has 0 bridgehead atoms. The first-order valence-corrected chi connectivity index (χ1v) is 10.1. The van der Waals surface area contributed by atoms with Crippen LogP contribution in [-0.4, -0.2) is 42.1 Å². The molecule has 0 saturated carbocycles. The van der Waals surface area contributed by atoms with Crippen molar-refractivity contribution in [2.75, 3.05) is 31.1 Å². The summed E-state index contributed by atoms with van der Waals surface area (Å²) in [6.07, 6.45) is 3.42. The molecule has 0 atom stereocenters. The molecule has 0 unspecified atom stereocenters. The molecule has 0 radical (unpaired) electrons. The highest BCUT2D eigenvalue weighted by Gasteiger charge is 2.37. The van der Waals surface area contributed by atoms with Crippen molar-refractivity contribution in [3.63, 3.8) is 0 Å². The third kappa shape index (κ3) is 3.69. The van der Waals surface area contributed by atoms with Gasteiger partial charge in [-0.1, -0.05) is 35.9 Å². The Balaban J connectivity index is 1.46. The maximum Gasteiger partial charge on any atom is 0.253 e. The van der Waals surface area contributed by atoms with Crippen LogP contribution in [0.15, 0.2) is 48.5 Å². The zero-order chi connectivity index (χ0) is 18.9. The second-order valence-corrected chi connectivity index (χ2v) is 7.96.